The van der Waals surface area contributed by atoms with Crippen molar-refractivity contribution < 1.29 is 13.9 Å². The van der Waals surface area contributed by atoms with Crippen LogP contribution in [0.1, 0.15) is 76.4 Å². The number of ether oxygens (including phenoxy) is 1. The predicted octanol–water partition coefficient (Wildman–Crippen LogP) is 5.22. The fraction of sp³-hybridized carbons (Fsp3) is 0.750. The molecule has 1 fully saturated rings. The second kappa shape index (κ2) is 5.99. The van der Waals surface area contributed by atoms with E-state index < -0.39 is 0 Å². The summed E-state index contributed by atoms with van der Waals surface area (Å²) in [5.74, 6) is 2.02. The molecule has 2 aliphatic carbocycles. The van der Waals surface area contributed by atoms with E-state index in [9.17, 15) is 4.79 Å². The Morgan fingerprint density at radius 2 is 2.22 bits per heavy atom. The minimum atomic E-state index is -0.160. The molecule has 0 unspecified atom stereocenters. The Hall–Kier alpha value is -1.25. The molecule has 0 N–H and O–H groups in total. The highest BCUT2D eigenvalue weighted by Crippen LogP contribution is 2.59. The van der Waals surface area contributed by atoms with E-state index >= 15 is 0 Å². The molecule has 0 saturated heterocycles. The SMILES string of the molecule is CC[C@H](C)C(=O)O[C@@H]1c2c(C)coc2C[C@H]2CCC[C@H](C)[C@]21C. The second-order valence-electron chi connectivity index (χ2n) is 7.98. The van der Waals surface area contributed by atoms with Gasteiger partial charge in [-0.15, -0.1) is 0 Å². The molecule has 5 atom stereocenters. The van der Waals surface area contributed by atoms with Gasteiger partial charge in [0.05, 0.1) is 12.2 Å². The monoisotopic (exact) mass is 318 g/mol. The summed E-state index contributed by atoms with van der Waals surface area (Å²) in [6.45, 7) is 10.7. The first-order chi connectivity index (χ1) is 10.9. The molecule has 23 heavy (non-hydrogen) atoms. The zero-order valence-corrected chi connectivity index (χ0v) is 15.1. The van der Waals surface area contributed by atoms with Crippen LogP contribution in [0.4, 0.5) is 0 Å². The molecule has 0 aliphatic heterocycles. The number of furan rings is 1. The first-order valence-corrected chi connectivity index (χ1v) is 9.16. The lowest BCUT2D eigenvalue weighted by Crippen LogP contribution is -2.48. The molecular weight excluding hydrogens is 288 g/mol. The lowest BCUT2D eigenvalue weighted by molar-refractivity contribution is -0.173. The average molecular weight is 318 g/mol. The van der Waals surface area contributed by atoms with Crippen molar-refractivity contribution in [2.24, 2.45) is 23.2 Å². The summed E-state index contributed by atoms with van der Waals surface area (Å²) in [6, 6.07) is 0. The van der Waals surface area contributed by atoms with Gasteiger partial charge in [-0.2, -0.15) is 0 Å². The van der Waals surface area contributed by atoms with Crippen LogP contribution in [0.2, 0.25) is 0 Å². The van der Waals surface area contributed by atoms with Crippen molar-refractivity contribution in [2.45, 2.75) is 72.8 Å². The van der Waals surface area contributed by atoms with E-state index in [-0.39, 0.29) is 23.4 Å². The Balaban J connectivity index is 2.03. The molecule has 2 aliphatic rings. The Kier molecular flexibility index (Phi) is 4.33. The van der Waals surface area contributed by atoms with Crippen LogP contribution in [0.5, 0.6) is 0 Å². The molecule has 3 heteroatoms. The van der Waals surface area contributed by atoms with Crippen LogP contribution in [0.3, 0.4) is 0 Å². The first kappa shape index (κ1) is 16.6. The van der Waals surface area contributed by atoms with Crippen molar-refractivity contribution >= 4 is 5.97 Å². The molecule has 1 heterocycles. The molecule has 3 rings (SSSR count). The number of fused-ring (bicyclic) bond motifs is 2. The van der Waals surface area contributed by atoms with Gasteiger partial charge < -0.3 is 9.15 Å². The van der Waals surface area contributed by atoms with Crippen molar-refractivity contribution in [1.82, 2.24) is 0 Å². The third-order valence-electron chi connectivity index (χ3n) is 6.74. The maximum Gasteiger partial charge on any atom is 0.309 e. The number of carbonyl (C=O) groups excluding carboxylic acids is 1. The van der Waals surface area contributed by atoms with Gasteiger partial charge in [0.15, 0.2) is 0 Å². The van der Waals surface area contributed by atoms with Gasteiger partial charge in [-0.3, -0.25) is 4.79 Å². The van der Waals surface area contributed by atoms with E-state index in [0.29, 0.717) is 11.8 Å². The summed E-state index contributed by atoms with van der Waals surface area (Å²) >= 11 is 0. The molecule has 0 radical (unpaired) electrons. The predicted molar refractivity (Wildman–Crippen MR) is 90.0 cm³/mol. The van der Waals surface area contributed by atoms with Gasteiger partial charge in [-0.25, -0.2) is 0 Å². The number of esters is 1. The molecule has 1 aromatic rings. The minimum absolute atomic E-state index is 0.0169. The van der Waals surface area contributed by atoms with Crippen LogP contribution in [0, 0.1) is 30.1 Å². The highest BCUT2D eigenvalue weighted by atomic mass is 16.5. The van der Waals surface area contributed by atoms with Gasteiger partial charge in [0, 0.05) is 17.4 Å². The zero-order chi connectivity index (χ0) is 16.8. The van der Waals surface area contributed by atoms with E-state index in [4.69, 9.17) is 9.15 Å². The summed E-state index contributed by atoms with van der Waals surface area (Å²) in [4.78, 5) is 12.6. The van der Waals surface area contributed by atoms with E-state index in [1.807, 2.05) is 20.1 Å². The summed E-state index contributed by atoms with van der Waals surface area (Å²) in [5.41, 5.74) is 2.29. The number of rotatable bonds is 3. The summed E-state index contributed by atoms with van der Waals surface area (Å²) in [6.07, 6.45) is 7.17. The average Bonchev–Trinajstić information content (AvgIpc) is 2.89. The smallest absolute Gasteiger partial charge is 0.309 e. The van der Waals surface area contributed by atoms with E-state index in [2.05, 4.69) is 20.8 Å². The van der Waals surface area contributed by atoms with Gasteiger partial charge in [0.1, 0.15) is 11.9 Å². The highest BCUT2D eigenvalue weighted by Gasteiger charge is 2.54. The third kappa shape index (κ3) is 2.53. The van der Waals surface area contributed by atoms with Crippen molar-refractivity contribution in [3.8, 4) is 0 Å². The van der Waals surface area contributed by atoms with Crippen LogP contribution >= 0.6 is 0 Å². The van der Waals surface area contributed by atoms with E-state index in [1.165, 1.54) is 19.3 Å². The van der Waals surface area contributed by atoms with Gasteiger partial charge in [-0.1, -0.05) is 40.5 Å². The van der Waals surface area contributed by atoms with Gasteiger partial charge in [-0.05, 0) is 37.2 Å². The van der Waals surface area contributed by atoms with Crippen molar-refractivity contribution in [3.05, 3.63) is 23.2 Å². The molecule has 1 aromatic heterocycles. The van der Waals surface area contributed by atoms with Crippen molar-refractivity contribution in [2.75, 3.05) is 0 Å². The molecule has 3 nitrogen and oxygen atoms in total. The number of hydrogen-bond donors (Lipinski definition) is 0. The molecule has 0 bridgehead atoms. The normalized spacial score (nSPS) is 34.4. The van der Waals surface area contributed by atoms with Crippen LogP contribution < -0.4 is 0 Å². The topological polar surface area (TPSA) is 39.4 Å². The quantitative estimate of drug-likeness (QED) is 0.718. The first-order valence-electron chi connectivity index (χ1n) is 9.16. The third-order valence-corrected chi connectivity index (χ3v) is 6.74. The minimum Gasteiger partial charge on any atom is -0.469 e. The number of aryl methyl sites for hydroxylation is 1. The maximum atomic E-state index is 12.6. The second-order valence-corrected chi connectivity index (χ2v) is 7.98. The lowest BCUT2D eigenvalue weighted by Gasteiger charge is -2.52. The van der Waals surface area contributed by atoms with Crippen LogP contribution in [0.25, 0.3) is 0 Å². The zero-order valence-electron chi connectivity index (χ0n) is 15.1. The van der Waals surface area contributed by atoms with Gasteiger partial charge >= 0.3 is 5.97 Å². The molecule has 128 valence electrons. The van der Waals surface area contributed by atoms with Crippen LogP contribution in [-0.2, 0) is 16.0 Å². The fourth-order valence-corrected chi connectivity index (χ4v) is 4.63. The van der Waals surface area contributed by atoms with Gasteiger partial charge in [0.25, 0.3) is 0 Å². The van der Waals surface area contributed by atoms with E-state index in [1.54, 1.807) is 0 Å². The van der Waals surface area contributed by atoms with E-state index in [0.717, 1.165) is 29.7 Å². The Morgan fingerprint density at radius 3 is 2.91 bits per heavy atom. The number of hydrogen-bond acceptors (Lipinski definition) is 3. The maximum absolute atomic E-state index is 12.6. The van der Waals surface area contributed by atoms with Gasteiger partial charge in [0.2, 0.25) is 0 Å². The molecular formula is C20H30O3. The highest BCUT2D eigenvalue weighted by molar-refractivity contribution is 5.72. The summed E-state index contributed by atoms with van der Waals surface area (Å²) < 4.78 is 12.0. The molecule has 0 aromatic carbocycles. The number of carbonyl (C=O) groups is 1. The Labute approximate surface area is 139 Å². The van der Waals surface area contributed by atoms with Crippen molar-refractivity contribution in [1.29, 1.82) is 0 Å². The summed E-state index contributed by atoms with van der Waals surface area (Å²) in [5, 5.41) is 0. The molecule has 0 amide bonds. The van der Waals surface area contributed by atoms with Crippen LogP contribution in [-0.4, -0.2) is 5.97 Å². The molecule has 0 spiro atoms. The lowest BCUT2D eigenvalue weighted by atomic mass is 9.54. The largest absolute Gasteiger partial charge is 0.469 e. The van der Waals surface area contributed by atoms with Crippen molar-refractivity contribution in [3.63, 3.8) is 0 Å². The summed E-state index contributed by atoms with van der Waals surface area (Å²) in [7, 11) is 0. The fourth-order valence-electron chi connectivity index (χ4n) is 4.63. The Morgan fingerprint density at radius 1 is 1.48 bits per heavy atom. The molecule has 1 saturated carbocycles. The standard InChI is InChI=1S/C20H30O3/c1-6-12(2)19(21)23-18-17-13(3)11-22-16(17)10-15-9-7-8-14(4)20(15,18)5/h11-12,14-15,18H,6-10H2,1-5H3/t12-,14-,15+,18+,20+/m0/s1. The Bertz CT molecular complexity index is 588. The van der Waals surface area contributed by atoms with Crippen LogP contribution in [0.15, 0.2) is 10.7 Å².